The molecule has 16 heavy (non-hydrogen) atoms. The Kier molecular flexibility index (Phi) is 3.36. The highest BCUT2D eigenvalue weighted by molar-refractivity contribution is 7.08. The minimum Gasteiger partial charge on any atom is -0.324 e. The summed E-state index contributed by atoms with van der Waals surface area (Å²) in [5.41, 5.74) is 9.62. The summed E-state index contributed by atoms with van der Waals surface area (Å²) in [6, 6.07) is 6.52. The van der Waals surface area contributed by atoms with Gasteiger partial charge in [0.15, 0.2) is 0 Å². The molecule has 2 rings (SSSR count). The third-order valence-electron chi connectivity index (χ3n) is 2.66. The Balaban J connectivity index is 2.10. The minimum absolute atomic E-state index is 0.00305. The maximum absolute atomic E-state index is 12.7. The van der Waals surface area contributed by atoms with E-state index in [-0.39, 0.29) is 11.9 Å². The van der Waals surface area contributed by atoms with E-state index in [1.165, 1.54) is 23.3 Å². The quantitative estimate of drug-likeness (QED) is 0.866. The average Bonchev–Trinajstić information content (AvgIpc) is 2.68. The van der Waals surface area contributed by atoms with Gasteiger partial charge in [-0.05, 0) is 52.9 Å². The lowest BCUT2D eigenvalue weighted by Crippen LogP contribution is -2.13. The van der Waals surface area contributed by atoms with Crippen molar-refractivity contribution in [3.05, 3.63) is 57.5 Å². The highest BCUT2D eigenvalue weighted by atomic mass is 32.1. The zero-order valence-corrected chi connectivity index (χ0v) is 9.93. The Bertz CT molecular complexity index is 461. The molecule has 3 heteroatoms. The molecule has 0 saturated heterocycles. The molecule has 0 bridgehead atoms. The molecule has 0 aliphatic heterocycles. The highest BCUT2D eigenvalue weighted by Crippen LogP contribution is 2.23. The van der Waals surface area contributed by atoms with Crippen molar-refractivity contribution in [3.8, 4) is 0 Å². The summed E-state index contributed by atoms with van der Waals surface area (Å²) in [6.07, 6.45) is 0.748. The SMILES string of the molecule is Cc1cscc1C(N)Cc1ccc(F)cc1. The molecule has 0 aliphatic carbocycles. The van der Waals surface area contributed by atoms with Crippen LogP contribution in [0.5, 0.6) is 0 Å². The van der Waals surface area contributed by atoms with E-state index in [4.69, 9.17) is 5.73 Å². The smallest absolute Gasteiger partial charge is 0.123 e. The molecule has 1 aromatic carbocycles. The van der Waals surface area contributed by atoms with Gasteiger partial charge in [-0.3, -0.25) is 0 Å². The van der Waals surface area contributed by atoms with Gasteiger partial charge in [0.2, 0.25) is 0 Å². The van der Waals surface area contributed by atoms with Crippen LogP contribution in [0, 0.1) is 12.7 Å². The number of rotatable bonds is 3. The fraction of sp³-hybridized carbons (Fsp3) is 0.231. The highest BCUT2D eigenvalue weighted by Gasteiger charge is 2.10. The number of halogens is 1. The van der Waals surface area contributed by atoms with Crippen molar-refractivity contribution < 1.29 is 4.39 Å². The molecule has 0 amide bonds. The number of thiophene rings is 1. The molecule has 0 aliphatic rings. The number of hydrogen-bond donors (Lipinski definition) is 1. The lowest BCUT2D eigenvalue weighted by atomic mass is 10.00. The molecule has 0 radical (unpaired) electrons. The Morgan fingerprint density at radius 2 is 1.94 bits per heavy atom. The van der Waals surface area contributed by atoms with Crippen LogP contribution in [0.4, 0.5) is 4.39 Å². The van der Waals surface area contributed by atoms with Crippen LogP contribution >= 0.6 is 11.3 Å². The van der Waals surface area contributed by atoms with Gasteiger partial charge in [0.25, 0.3) is 0 Å². The molecular formula is C13H14FNS. The molecule has 0 spiro atoms. The van der Waals surface area contributed by atoms with Crippen LogP contribution < -0.4 is 5.73 Å². The van der Waals surface area contributed by atoms with Gasteiger partial charge >= 0.3 is 0 Å². The third kappa shape index (κ3) is 2.49. The molecule has 0 fully saturated rings. The van der Waals surface area contributed by atoms with Crippen LogP contribution in [0.3, 0.4) is 0 Å². The second kappa shape index (κ2) is 4.76. The Morgan fingerprint density at radius 3 is 2.50 bits per heavy atom. The van der Waals surface area contributed by atoms with Gasteiger partial charge in [0.05, 0.1) is 0 Å². The fourth-order valence-corrected chi connectivity index (χ4v) is 2.65. The normalized spacial score (nSPS) is 12.7. The second-order valence-electron chi connectivity index (χ2n) is 3.95. The predicted octanol–water partition coefficient (Wildman–Crippen LogP) is 3.44. The van der Waals surface area contributed by atoms with Gasteiger partial charge in [-0.2, -0.15) is 11.3 Å². The summed E-state index contributed by atoms with van der Waals surface area (Å²) in [6.45, 7) is 2.07. The summed E-state index contributed by atoms with van der Waals surface area (Å²) in [4.78, 5) is 0. The van der Waals surface area contributed by atoms with Crippen molar-refractivity contribution in [2.24, 2.45) is 5.73 Å². The topological polar surface area (TPSA) is 26.0 Å². The fourth-order valence-electron chi connectivity index (χ4n) is 1.73. The summed E-state index contributed by atoms with van der Waals surface area (Å²) < 4.78 is 12.7. The van der Waals surface area contributed by atoms with Crippen molar-refractivity contribution in [3.63, 3.8) is 0 Å². The van der Waals surface area contributed by atoms with Crippen LogP contribution in [-0.4, -0.2) is 0 Å². The molecule has 1 heterocycles. The van der Waals surface area contributed by atoms with Crippen LogP contribution in [0.2, 0.25) is 0 Å². The Labute approximate surface area is 98.7 Å². The van der Waals surface area contributed by atoms with Gasteiger partial charge in [0, 0.05) is 6.04 Å². The number of nitrogens with two attached hydrogens (primary N) is 1. The van der Waals surface area contributed by atoms with Crippen molar-refractivity contribution in [1.29, 1.82) is 0 Å². The number of benzene rings is 1. The van der Waals surface area contributed by atoms with Gasteiger partial charge in [-0.15, -0.1) is 0 Å². The second-order valence-corrected chi connectivity index (χ2v) is 4.69. The molecule has 1 atom stereocenters. The third-order valence-corrected chi connectivity index (χ3v) is 3.54. The van der Waals surface area contributed by atoms with Crippen molar-refractivity contribution in [2.45, 2.75) is 19.4 Å². The molecule has 1 aromatic heterocycles. The van der Waals surface area contributed by atoms with Crippen LogP contribution in [-0.2, 0) is 6.42 Å². The molecule has 1 unspecified atom stereocenters. The van der Waals surface area contributed by atoms with Gasteiger partial charge in [-0.1, -0.05) is 12.1 Å². The average molecular weight is 235 g/mol. The van der Waals surface area contributed by atoms with E-state index in [9.17, 15) is 4.39 Å². The standard InChI is InChI=1S/C13H14FNS/c1-9-7-16-8-12(9)13(15)6-10-2-4-11(14)5-3-10/h2-5,7-8,13H,6,15H2,1H3. The Morgan fingerprint density at radius 1 is 1.25 bits per heavy atom. The monoisotopic (exact) mass is 235 g/mol. The lowest BCUT2D eigenvalue weighted by Gasteiger charge is -2.11. The van der Waals surface area contributed by atoms with E-state index in [1.807, 2.05) is 0 Å². The Hall–Kier alpha value is -1.19. The van der Waals surface area contributed by atoms with Crippen molar-refractivity contribution in [2.75, 3.05) is 0 Å². The van der Waals surface area contributed by atoms with E-state index >= 15 is 0 Å². The molecule has 1 nitrogen and oxygen atoms in total. The van der Waals surface area contributed by atoms with E-state index in [1.54, 1.807) is 23.5 Å². The summed E-state index contributed by atoms with van der Waals surface area (Å²) >= 11 is 1.67. The first-order chi connectivity index (χ1) is 7.66. The van der Waals surface area contributed by atoms with Crippen molar-refractivity contribution in [1.82, 2.24) is 0 Å². The number of aryl methyl sites for hydroxylation is 1. The summed E-state index contributed by atoms with van der Waals surface area (Å²) in [5, 5.41) is 4.18. The van der Waals surface area contributed by atoms with E-state index < -0.39 is 0 Å². The number of hydrogen-bond acceptors (Lipinski definition) is 2. The molecule has 2 aromatic rings. The first kappa shape index (κ1) is 11.3. The minimum atomic E-state index is -0.205. The van der Waals surface area contributed by atoms with E-state index in [0.717, 1.165) is 12.0 Å². The van der Waals surface area contributed by atoms with Gasteiger partial charge < -0.3 is 5.73 Å². The first-order valence-electron chi connectivity index (χ1n) is 5.19. The lowest BCUT2D eigenvalue weighted by molar-refractivity contribution is 0.625. The van der Waals surface area contributed by atoms with Crippen LogP contribution in [0.15, 0.2) is 35.0 Å². The molecule has 84 valence electrons. The van der Waals surface area contributed by atoms with Gasteiger partial charge in [0.1, 0.15) is 5.82 Å². The molecule has 0 saturated carbocycles. The van der Waals surface area contributed by atoms with Gasteiger partial charge in [-0.25, -0.2) is 4.39 Å². The van der Waals surface area contributed by atoms with Crippen LogP contribution in [0.1, 0.15) is 22.7 Å². The van der Waals surface area contributed by atoms with Crippen molar-refractivity contribution >= 4 is 11.3 Å². The largest absolute Gasteiger partial charge is 0.324 e. The predicted molar refractivity (Wildman–Crippen MR) is 66.1 cm³/mol. The van der Waals surface area contributed by atoms with Crippen LogP contribution in [0.25, 0.3) is 0 Å². The zero-order valence-electron chi connectivity index (χ0n) is 9.11. The first-order valence-corrected chi connectivity index (χ1v) is 6.14. The van der Waals surface area contributed by atoms with E-state index in [0.29, 0.717) is 0 Å². The van der Waals surface area contributed by atoms with E-state index in [2.05, 4.69) is 17.7 Å². The summed E-state index contributed by atoms with van der Waals surface area (Å²) in [5.74, 6) is -0.205. The molecular weight excluding hydrogens is 221 g/mol. The maximum Gasteiger partial charge on any atom is 0.123 e. The maximum atomic E-state index is 12.7. The molecule has 2 N–H and O–H groups in total. The zero-order chi connectivity index (χ0) is 11.5. The summed E-state index contributed by atoms with van der Waals surface area (Å²) in [7, 11) is 0.